The van der Waals surface area contributed by atoms with Crippen molar-refractivity contribution < 1.29 is 19.1 Å². The molecule has 26 heavy (non-hydrogen) atoms. The van der Waals surface area contributed by atoms with Crippen molar-refractivity contribution in [2.45, 2.75) is 33.1 Å². The first-order valence-corrected chi connectivity index (χ1v) is 8.79. The van der Waals surface area contributed by atoms with Crippen LogP contribution in [0.15, 0.2) is 48.5 Å². The Balaban J connectivity index is 1.86. The van der Waals surface area contributed by atoms with Crippen molar-refractivity contribution in [1.29, 1.82) is 0 Å². The minimum atomic E-state index is -0.363. The van der Waals surface area contributed by atoms with Crippen LogP contribution in [0.25, 0.3) is 0 Å². The Morgan fingerprint density at radius 3 is 2.46 bits per heavy atom. The highest BCUT2D eigenvalue weighted by Crippen LogP contribution is 2.20. The van der Waals surface area contributed by atoms with E-state index in [1.54, 1.807) is 24.3 Å². The highest BCUT2D eigenvalue weighted by Gasteiger charge is 2.08. The lowest BCUT2D eigenvalue weighted by molar-refractivity contribution is -0.118. The van der Waals surface area contributed by atoms with Gasteiger partial charge in [-0.25, -0.2) is 4.79 Å². The van der Waals surface area contributed by atoms with E-state index < -0.39 is 0 Å². The minimum absolute atomic E-state index is 0.0815. The van der Waals surface area contributed by atoms with Crippen molar-refractivity contribution in [2.75, 3.05) is 18.5 Å². The summed E-state index contributed by atoms with van der Waals surface area (Å²) >= 11 is 0. The largest absolute Gasteiger partial charge is 0.484 e. The van der Waals surface area contributed by atoms with Gasteiger partial charge in [0.2, 0.25) is 0 Å². The van der Waals surface area contributed by atoms with E-state index in [9.17, 15) is 9.59 Å². The SMILES string of the molecule is CCCOC(=O)c1ccc(NC(=O)COc2cccc(C(C)C)c2)cc1. The zero-order chi connectivity index (χ0) is 18.9. The van der Waals surface area contributed by atoms with Gasteiger partial charge in [0.05, 0.1) is 12.2 Å². The minimum Gasteiger partial charge on any atom is -0.484 e. The fraction of sp³-hybridized carbons (Fsp3) is 0.333. The summed E-state index contributed by atoms with van der Waals surface area (Å²) in [7, 11) is 0. The Bertz CT molecular complexity index is 738. The lowest BCUT2D eigenvalue weighted by atomic mass is 10.0. The molecule has 0 aliphatic carbocycles. The quantitative estimate of drug-likeness (QED) is 0.713. The lowest BCUT2D eigenvalue weighted by Crippen LogP contribution is -2.20. The summed E-state index contributed by atoms with van der Waals surface area (Å²) in [6.45, 7) is 6.46. The monoisotopic (exact) mass is 355 g/mol. The van der Waals surface area contributed by atoms with Gasteiger partial charge in [-0.05, 0) is 54.3 Å². The smallest absolute Gasteiger partial charge is 0.338 e. The molecule has 5 heteroatoms. The second-order valence-corrected chi connectivity index (χ2v) is 6.28. The van der Waals surface area contributed by atoms with E-state index in [0.717, 1.165) is 12.0 Å². The molecule has 0 aliphatic rings. The number of nitrogens with one attached hydrogen (secondary N) is 1. The van der Waals surface area contributed by atoms with Crippen LogP contribution in [-0.4, -0.2) is 25.1 Å². The van der Waals surface area contributed by atoms with Gasteiger partial charge in [0.15, 0.2) is 6.61 Å². The van der Waals surface area contributed by atoms with Crippen LogP contribution in [0.3, 0.4) is 0 Å². The molecule has 138 valence electrons. The molecule has 0 radical (unpaired) electrons. The first kappa shape index (κ1) is 19.5. The number of rotatable bonds is 8. The molecule has 0 aromatic heterocycles. The first-order valence-electron chi connectivity index (χ1n) is 8.79. The van der Waals surface area contributed by atoms with Gasteiger partial charge < -0.3 is 14.8 Å². The number of esters is 1. The summed E-state index contributed by atoms with van der Waals surface area (Å²) in [5.74, 6) is 0.439. The van der Waals surface area contributed by atoms with Crippen LogP contribution in [0.2, 0.25) is 0 Å². The average molecular weight is 355 g/mol. The van der Waals surface area contributed by atoms with E-state index in [2.05, 4.69) is 19.2 Å². The molecular weight excluding hydrogens is 330 g/mol. The van der Waals surface area contributed by atoms with Crippen LogP contribution < -0.4 is 10.1 Å². The van der Waals surface area contributed by atoms with Crippen molar-refractivity contribution in [2.24, 2.45) is 0 Å². The lowest BCUT2D eigenvalue weighted by Gasteiger charge is -2.10. The van der Waals surface area contributed by atoms with Gasteiger partial charge >= 0.3 is 5.97 Å². The van der Waals surface area contributed by atoms with E-state index in [-0.39, 0.29) is 18.5 Å². The Labute approximate surface area is 154 Å². The number of anilines is 1. The molecule has 1 amide bonds. The summed E-state index contributed by atoms with van der Waals surface area (Å²) in [4.78, 5) is 23.8. The fourth-order valence-corrected chi connectivity index (χ4v) is 2.28. The Morgan fingerprint density at radius 2 is 1.81 bits per heavy atom. The molecule has 0 heterocycles. The summed E-state index contributed by atoms with van der Waals surface area (Å²) in [6, 6.07) is 14.3. The van der Waals surface area contributed by atoms with E-state index in [4.69, 9.17) is 9.47 Å². The van der Waals surface area contributed by atoms with Gasteiger partial charge in [0, 0.05) is 5.69 Å². The second kappa shape index (κ2) is 9.61. The zero-order valence-corrected chi connectivity index (χ0v) is 15.5. The summed E-state index contributed by atoms with van der Waals surface area (Å²) < 4.78 is 10.6. The van der Waals surface area contributed by atoms with Gasteiger partial charge in [0.1, 0.15) is 5.75 Å². The number of carbonyl (C=O) groups is 2. The number of amides is 1. The van der Waals surface area contributed by atoms with Crippen LogP contribution in [0.5, 0.6) is 5.75 Å². The molecule has 1 N–H and O–H groups in total. The molecule has 0 atom stereocenters. The van der Waals surface area contributed by atoms with E-state index in [1.165, 1.54) is 0 Å². The fourth-order valence-electron chi connectivity index (χ4n) is 2.28. The number of ether oxygens (including phenoxy) is 2. The topological polar surface area (TPSA) is 64.6 Å². The molecule has 0 bridgehead atoms. The standard InChI is InChI=1S/C21H25NO4/c1-4-12-25-21(24)16-8-10-18(11-9-16)22-20(23)14-26-19-7-5-6-17(13-19)15(2)3/h5-11,13,15H,4,12,14H2,1-3H3,(H,22,23). The number of benzene rings is 2. The summed E-state index contributed by atoms with van der Waals surface area (Å²) in [5.41, 5.74) is 2.22. The van der Waals surface area contributed by atoms with Gasteiger partial charge in [-0.15, -0.1) is 0 Å². The molecule has 2 rings (SSSR count). The third-order valence-electron chi connectivity index (χ3n) is 3.74. The second-order valence-electron chi connectivity index (χ2n) is 6.28. The van der Waals surface area contributed by atoms with E-state index >= 15 is 0 Å². The Hall–Kier alpha value is -2.82. The molecule has 0 spiro atoms. The zero-order valence-electron chi connectivity index (χ0n) is 15.5. The molecule has 0 unspecified atom stereocenters. The van der Waals surface area contributed by atoms with Gasteiger partial charge in [-0.2, -0.15) is 0 Å². The molecule has 0 aliphatic heterocycles. The molecule has 0 fully saturated rings. The first-order chi connectivity index (χ1) is 12.5. The van der Waals surface area contributed by atoms with Gasteiger partial charge in [0.25, 0.3) is 5.91 Å². The molecule has 0 saturated carbocycles. The molecule has 0 saturated heterocycles. The van der Waals surface area contributed by atoms with Crippen molar-refractivity contribution in [3.63, 3.8) is 0 Å². The summed E-state index contributed by atoms with van der Waals surface area (Å²) in [5, 5.41) is 2.74. The average Bonchev–Trinajstić information content (AvgIpc) is 2.65. The molecule has 5 nitrogen and oxygen atoms in total. The van der Waals surface area contributed by atoms with Crippen molar-refractivity contribution in [3.8, 4) is 5.75 Å². The molecule has 2 aromatic rings. The number of hydrogen-bond donors (Lipinski definition) is 1. The predicted molar refractivity (Wildman–Crippen MR) is 102 cm³/mol. The highest BCUT2D eigenvalue weighted by atomic mass is 16.5. The maximum Gasteiger partial charge on any atom is 0.338 e. The van der Waals surface area contributed by atoms with Gasteiger partial charge in [-0.1, -0.05) is 32.9 Å². The van der Waals surface area contributed by atoms with E-state index in [0.29, 0.717) is 29.5 Å². The third kappa shape index (κ3) is 5.92. The van der Waals surface area contributed by atoms with Crippen LogP contribution in [-0.2, 0) is 9.53 Å². The van der Waals surface area contributed by atoms with Crippen molar-refractivity contribution in [3.05, 3.63) is 59.7 Å². The normalized spacial score (nSPS) is 10.5. The van der Waals surface area contributed by atoms with Crippen LogP contribution >= 0.6 is 0 Å². The third-order valence-corrected chi connectivity index (χ3v) is 3.74. The predicted octanol–water partition coefficient (Wildman–Crippen LogP) is 4.39. The van der Waals surface area contributed by atoms with Gasteiger partial charge in [-0.3, -0.25) is 4.79 Å². The number of hydrogen-bond acceptors (Lipinski definition) is 4. The number of carbonyl (C=O) groups excluding carboxylic acids is 2. The van der Waals surface area contributed by atoms with Crippen LogP contribution in [0, 0.1) is 0 Å². The Morgan fingerprint density at radius 1 is 1.08 bits per heavy atom. The van der Waals surface area contributed by atoms with E-state index in [1.807, 2.05) is 31.2 Å². The summed E-state index contributed by atoms with van der Waals surface area (Å²) in [6.07, 6.45) is 0.778. The Kier molecular flexibility index (Phi) is 7.21. The van der Waals surface area contributed by atoms with Crippen LogP contribution in [0.4, 0.5) is 5.69 Å². The highest BCUT2D eigenvalue weighted by molar-refractivity contribution is 5.93. The maximum atomic E-state index is 12.0. The molecule has 2 aromatic carbocycles. The van der Waals surface area contributed by atoms with Crippen molar-refractivity contribution in [1.82, 2.24) is 0 Å². The molecular formula is C21H25NO4. The van der Waals surface area contributed by atoms with Crippen LogP contribution in [0.1, 0.15) is 49.0 Å². The maximum absolute atomic E-state index is 12.0. The van der Waals surface area contributed by atoms with Crippen molar-refractivity contribution >= 4 is 17.6 Å².